The number of thiazole rings is 1. The molecule has 3 aromatic rings. The van der Waals surface area contributed by atoms with E-state index in [9.17, 15) is 9.59 Å². The summed E-state index contributed by atoms with van der Waals surface area (Å²) in [5, 5.41) is 7.86. The summed E-state index contributed by atoms with van der Waals surface area (Å²) in [5.41, 5.74) is 4.52. The van der Waals surface area contributed by atoms with Gasteiger partial charge in [0.15, 0.2) is 11.7 Å². The van der Waals surface area contributed by atoms with Crippen molar-refractivity contribution < 1.29 is 14.3 Å². The van der Waals surface area contributed by atoms with E-state index in [-0.39, 0.29) is 18.4 Å². The van der Waals surface area contributed by atoms with Gasteiger partial charge in [-0.15, -0.1) is 11.3 Å². The summed E-state index contributed by atoms with van der Waals surface area (Å²) < 4.78 is 5.62. The van der Waals surface area contributed by atoms with Crippen LogP contribution in [0.1, 0.15) is 18.1 Å². The number of nitrogens with one attached hydrogen (secondary N) is 2. The lowest BCUT2D eigenvalue weighted by molar-refractivity contribution is -0.118. The Kier molecular flexibility index (Phi) is 6.06. The first-order chi connectivity index (χ1) is 13.4. The summed E-state index contributed by atoms with van der Waals surface area (Å²) in [6.07, 6.45) is 0. The zero-order valence-electron chi connectivity index (χ0n) is 15.9. The number of hydrogen-bond donors (Lipinski definition) is 2. The second-order valence-corrected chi connectivity index (χ2v) is 7.19. The minimum atomic E-state index is -0.261. The normalized spacial score (nSPS) is 10.4. The van der Waals surface area contributed by atoms with Crippen LogP contribution in [0.3, 0.4) is 0 Å². The molecule has 0 saturated heterocycles. The Bertz CT molecular complexity index is 996. The van der Waals surface area contributed by atoms with Gasteiger partial charge in [0.1, 0.15) is 5.75 Å². The van der Waals surface area contributed by atoms with E-state index in [0.29, 0.717) is 10.9 Å². The molecule has 0 radical (unpaired) electrons. The molecule has 2 aromatic carbocycles. The van der Waals surface area contributed by atoms with Crippen LogP contribution in [0.5, 0.6) is 5.75 Å². The molecule has 0 aliphatic heterocycles. The second kappa shape index (κ2) is 8.67. The molecule has 3 rings (SSSR count). The maximum Gasteiger partial charge on any atom is 0.264 e. The van der Waals surface area contributed by atoms with Crippen LogP contribution in [0.25, 0.3) is 11.3 Å². The molecule has 2 amide bonds. The molecule has 0 atom stereocenters. The number of rotatable bonds is 6. The van der Waals surface area contributed by atoms with Crippen molar-refractivity contribution in [3.05, 3.63) is 59.0 Å². The van der Waals surface area contributed by atoms with E-state index in [4.69, 9.17) is 4.74 Å². The van der Waals surface area contributed by atoms with Crippen molar-refractivity contribution in [2.75, 3.05) is 17.2 Å². The van der Waals surface area contributed by atoms with Crippen LogP contribution < -0.4 is 15.4 Å². The van der Waals surface area contributed by atoms with Gasteiger partial charge in [-0.25, -0.2) is 4.98 Å². The number of anilines is 2. The highest BCUT2D eigenvalue weighted by Gasteiger charge is 2.10. The van der Waals surface area contributed by atoms with E-state index in [2.05, 4.69) is 15.6 Å². The molecule has 28 heavy (non-hydrogen) atoms. The van der Waals surface area contributed by atoms with Gasteiger partial charge >= 0.3 is 0 Å². The third-order valence-electron chi connectivity index (χ3n) is 4.17. The van der Waals surface area contributed by atoms with E-state index in [0.717, 1.165) is 28.1 Å². The maximum atomic E-state index is 12.2. The second-order valence-electron chi connectivity index (χ2n) is 6.33. The summed E-state index contributed by atoms with van der Waals surface area (Å²) in [6.45, 7) is 5.35. The minimum Gasteiger partial charge on any atom is -0.483 e. The maximum absolute atomic E-state index is 12.2. The largest absolute Gasteiger partial charge is 0.483 e. The molecule has 2 N–H and O–H groups in total. The van der Waals surface area contributed by atoms with Gasteiger partial charge in [0.05, 0.1) is 5.69 Å². The van der Waals surface area contributed by atoms with Crippen molar-refractivity contribution in [2.45, 2.75) is 20.8 Å². The quantitative estimate of drug-likeness (QED) is 0.648. The third-order valence-corrected chi connectivity index (χ3v) is 4.92. The number of aromatic nitrogens is 1. The van der Waals surface area contributed by atoms with E-state index < -0.39 is 0 Å². The van der Waals surface area contributed by atoms with Crippen molar-refractivity contribution in [1.82, 2.24) is 4.98 Å². The molecule has 0 aliphatic rings. The van der Waals surface area contributed by atoms with E-state index >= 15 is 0 Å². The van der Waals surface area contributed by atoms with Crippen LogP contribution in [-0.4, -0.2) is 23.4 Å². The van der Waals surface area contributed by atoms with Gasteiger partial charge in [-0.1, -0.05) is 24.3 Å². The molecule has 0 spiro atoms. The zero-order valence-corrected chi connectivity index (χ0v) is 16.7. The predicted octanol–water partition coefficient (Wildman–Crippen LogP) is 4.40. The van der Waals surface area contributed by atoms with Crippen LogP contribution in [0.15, 0.2) is 47.8 Å². The Morgan fingerprint density at radius 3 is 2.54 bits per heavy atom. The first kappa shape index (κ1) is 19.6. The van der Waals surface area contributed by atoms with Crippen LogP contribution >= 0.6 is 11.3 Å². The molecule has 7 heteroatoms. The highest BCUT2D eigenvalue weighted by Crippen LogP contribution is 2.26. The number of nitrogens with zero attached hydrogens (tertiary/aromatic N) is 1. The first-order valence-electron chi connectivity index (χ1n) is 8.75. The molecule has 1 aromatic heterocycles. The monoisotopic (exact) mass is 395 g/mol. The van der Waals surface area contributed by atoms with Crippen molar-refractivity contribution in [1.29, 1.82) is 0 Å². The molecule has 0 unspecified atom stereocenters. The molecule has 0 fully saturated rings. The fraction of sp³-hybridized carbons (Fsp3) is 0.190. The molecule has 6 nitrogen and oxygen atoms in total. The van der Waals surface area contributed by atoms with Gasteiger partial charge in [0, 0.05) is 23.6 Å². The highest BCUT2D eigenvalue weighted by atomic mass is 32.1. The highest BCUT2D eigenvalue weighted by molar-refractivity contribution is 7.14. The zero-order chi connectivity index (χ0) is 20.1. The van der Waals surface area contributed by atoms with Gasteiger partial charge in [-0.2, -0.15) is 0 Å². The van der Waals surface area contributed by atoms with E-state index in [1.807, 2.05) is 61.7 Å². The third kappa shape index (κ3) is 4.95. The van der Waals surface area contributed by atoms with Gasteiger partial charge in [-0.05, 0) is 43.2 Å². The fourth-order valence-corrected chi connectivity index (χ4v) is 3.31. The summed E-state index contributed by atoms with van der Waals surface area (Å²) in [7, 11) is 0. The molecule has 0 saturated carbocycles. The van der Waals surface area contributed by atoms with Crippen molar-refractivity contribution in [3.8, 4) is 17.0 Å². The summed E-state index contributed by atoms with van der Waals surface area (Å²) in [5.74, 6) is 0.325. The van der Waals surface area contributed by atoms with Gasteiger partial charge in [0.25, 0.3) is 5.91 Å². The van der Waals surface area contributed by atoms with Crippen LogP contribution in [-0.2, 0) is 9.59 Å². The van der Waals surface area contributed by atoms with Crippen LogP contribution in [0.2, 0.25) is 0 Å². The number of carbonyl (C=O) groups excluding carboxylic acids is 2. The molecule has 0 bridgehead atoms. The number of carbonyl (C=O) groups is 2. The van der Waals surface area contributed by atoms with Crippen LogP contribution in [0.4, 0.5) is 10.8 Å². The molecular formula is C21H21N3O3S. The molecule has 0 aliphatic carbocycles. The number of ether oxygens (including phenoxy) is 1. The summed E-state index contributed by atoms with van der Waals surface area (Å²) in [6, 6.07) is 13.1. The SMILES string of the molecule is CC(=O)Nc1ccc(-c2csc(NC(=O)COc3cccc(C)c3C)n2)cc1. The Morgan fingerprint density at radius 2 is 1.82 bits per heavy atom. The lowest BCUT2D eigenvalue weighted by atomic mass is 10.1. The Labute approximate surface area is 167 Å². The van der Waals surface area contributed by atoms with E-state index in [1.165, 1.54) is 18.3 Å². The first-order valence-corrected chi connectivity index (χ1v) is 9.63. The number of benzene rings is 2. The Hall–Kier alpha value is -3.19. The fourth-order valence-electron chi connectivity index (χ4n) is 2.57. The smallest absolute Gasteiger partial charge is 0.264 e. The average molecular weight is 395 g/mol. The molecule has 1 heterocycles. The minimum absolute atomic E-state index is 0.0788. The summed E-state index contributed by atoms with van der Waals surface area (Å²) >= 11 is 1.35. The number of amides is 2. The summed E-state index contributed by atoms with van der Waals surface area (Å²) in [4.78, 5) is 27.7. The molecular weight excluding hydrogens is 374 g/mol. The topological polar surface area (TPSA) is 80.3 Å². The van der Waals surface area contributed by atoms with Crippen molar-refractivity contribution >= 4 is 34.0 Å². The van der Waals surface area contributed by atoms with Gasteiger partial charge in [-0.3, -0.25) is 14.9 Å². The van der Waals surface area contributed by atoms with Crippen molar-refractivity contribution in [2.24, 2.45) is 0 Å². The van der Waals surface area contributed by atoms with E-state index in [1.54, 1.807) is 0 Å². The van der Waals surface area contributed by atoms with Crippen LogP contribution in [0, 0.1) is 13.8 Å². The van der Waals surface area contributed by atoms with Gasteiger partial charge < -0.3 is 10.1 Å². The number of aryl methyl sites for hydroxylation is 1. The lowest BCUT2D eigenvalue weighted by Gasteiger charge is -2.10. The average Bonchev–Trinajstić information content (AvgIpc) is 3.11. The Balaban J connectivity index is 1.58. The predicted molar refractivity (Wildman–Crippen MR) is 112 cm³/mol. The molecule has 144 valence electrons. The lowest BCUT2D eigenvalue weighted by Crippen LogP contribution is -2.20. The van der Waals surface area contributed by atoms with Crippen molar-refractivity contribution in [3.63, 3.8) is 0 Å². The van der Waals surface area contributed by atoms with Gasteiger partial charge in [0.2, 0.25) is 5.91 Å². The Morgan fingerprint density at radius 1 is 1.07 bits per heavy atom. The standard InChI is InChI=1S/C21H21N3O3S/c1-13-5-4-6-19(14(13)2)27-11-20(26)24-21-23-18(12-28-21)16-7-9-17(10-8-16)22-15(3)25/h4-10,12H,11H2,1-3H3,(H,22,25)(H,23,24,26). The number of hydrogen-bond acceptors (Lipinski definition) is 5.